The fourth-order valence-electron chi connectivity index (χ4n) is 3.52. The number of hydrogen-bond donors (Lipinski definition) is 1. The highest BCUT2D eigenvalue weighted by Gasteiger charge is 2.39. The van der Waals surface area contributed by atoms with Crippen LogP contribution >= 0.6 is 0 Å². The summed E-state index contributed by atoms with van der Waals surface area (Å²) in [5.74, 6) is 0.938. The summed E-state index contributed by atoms with van der Waals surface area (Å²) < 4.78 is 10.6. The van der Waals surface area contributed by atoms with Gasteiger partial charge in [-0.3, -0.25) is 9.59 Å². The number of amides is 2. The first-order valence-corrected chi connectivity index (χ1v) is 8.58. The molecule has 0 saturated carbocycles. The molecule has 0 radical (unpaired) electrons. The van der Waals surface area contributed by atoms with Crippen LogP contribution in [-0.4, -0.2) is 63.2 Å². The number of methoxy groups -OCH3 is 2. The van der Waals surface area contributed by atoms with Crippen LogP contribution in [0.25, 0.3) is 0 Å². The van der Waals surface area contributed by atoms with Gasteiger partial charge in [0.15, 0.2) is 0 Å². The van der Waals surface area contributed by atoms with Crippen molar-refractivity contribution in [2.75, 3.05) is 45.3 Å². The lowest BCUT2D eigenvalue weighted by Crippen LogP contribution is -2.54. The Kier molecular flexibility index (Phi) is 5.13. The molecule has 2 saturated heterocycles. The number of ether oxygens (including phenoxy) is 2. The van der Waals surface area contributed by atoms with Gasteiger partial charge in [0.1, 0.15) is 11.5 Å². The molecule has 0 bridgehead atoms. The first-order valence-electron chi connectivity index (χ1n) is 8.58. The van der Waals surface area contributed by atoms with Crippen LogP contribution in [0.1, 0.15) is 13.3 Å². The lowest BCUT2D eigenvalue weighted by atomic mass is 10.1. The van der Waals surface area contributed by atoms with Crippen LogP contribution in [0.4, 0.5) is 5.69 Å². The zero-order valence-electron chi connectivity index (χ0n) is 14.9. The minimum atomic E-state index is -0.306. The van der Waals surface area contributed by atoms with Crippen molar-refractivity contribution in [1.82, 2.24) is 10.2 Å². The zero-order chi connectivity index (χ0) is 18.0. The van der Waals surface area contributed by atoms with Gasteiger partial charge >= 0.3 is 0 Å². The minimum absolute atomic E-state index is 0.0513. The van der Waals surface area contributed by atoms with Crippen molar-refractivity contribution in [2.24, 2.45) is 5.92 Å². The molecule has 25 heavy (non-hydrogen) atoms. The molecule has 2 fully saturated rings. The van der Waals surface area contributed by atoms with E-state index in [9.17, 15) is 9.59 Å². The lowest BCUT2D eigenvalue weighted by Gasteiger charge is -2.35. The third-order valence-electron chi connectivity index (χ3n) is 4.94. The van der Waals surface area contributed by atoms with E-state index < -0.39 is 0 Å². The molecule has 2 atom stereocenters. The predicted molar refractivity (Wildman–Crippen MR) is 94.1 cm³/mol. The van der Waals surface area contributed by atoms with E-state index in [4.69, 9.17) is 9.47 Å². The number of piperazine rings is 1. The SMILES string of the molecule is COc1ccc(N2C[C@H](C(=O)N3CCNC[C@H]3C)CC2=O)c(OC)c1. The van der Waals surface area contributed by atoms with Gasteiger partial charge in [-0.1, -0.05) is 0 Å². The van der Waals surface area contributed by atoms with Crippen LogP contribution in [-0.2, 0) is 9.59 Å². The van der Waals surface area contributed by atoms with Crippen molar-refractivity contribution in [3.05, 3.63) is 18.2 Å². The van der Waals surface area contributed by atoms with E-state index >= 15 is 0 Å². The summed E-state index contributed by atoms with van der Waals surface area (Å²) >= 11 is 0. The monoisotopic (exact) mass is 347 g/mol. The van der Waals surface area contributed by atoms with Gasteiger partial charge in [-0.2, -0.15) is 0 Å². The maximum absolute atomic E-state index is 12.9. The second-order valence-corrected chi connectivity index (χ2v) is 6.53. The summed E-state index contributed by atoms with van der Waals surface area (Å²) in [5.41, 5.74) is 0.678. The smallest absolute Gasteiger partial charge is 0.228 e. The zero-order valence-corrected chi connectivity index (χ0v) is 14.9. The van der Waals surface area contributed by atoms with Crippen molar-refractivity contribution in [1.29, 1.82) is 0 Å². The van der Waals surface area contributed by atoms with Crippen LogP contribution in [0.15, 0.2) is 18.2 Å². The molecule has 2 amide bonds. The molecule has 7 heteroatoms. The van der Waals surface area contributed by atoms with Gasteiger partial charge in [0, 0.05) is 44.7 Å². The summed E-state index contributed by atoms with van der Waals surface area (Å²) in [7, 11) is 3.14. The maximum atomic E-state index is 12.9. The highest BCUT2D eigenvalue weighted by Crippen LogP contribution is 2.36. The Morgan fingerprint density at radius 3 is 2.76 bits per heavy atom. The standard InChI is InChI=1S/C18H25N3O4/c1-12-10-19-6-7-20(12)18(23)13-8-17(22)21(11-13)15-5-4-14(24-2)9-16(15)25-3/h4-5,9,12-13,19H,6-8,10-11H2,1-3H3/t12-,13-/m1/s1. The van der Waals surface area contributed by atoms with Crippen molar-refractivity contribution in [2.45, 2.75) is 19.4 Å². The van der Waals surface area contributed by atoms with Gasteiger partial charge in [-0.25, -0.2) is 0 Å². The van der Waals surface area contributed by atoms with Gasteiger partial charge in [-0.15, -0.1) is 0 Å². The van der Waals surface area contributed by atoms with Crippen LogP contribution in [0.5, 0.6) is 11.5 Å². The number of anilines is 1. The Hall–Kier alpha value is -2.28. The van der Waals surface area contributed by atoms with Gasteiger partial charge < -0.3 is 24.6 Å². The number of benzene rings is 1. The third kappa shape index (κ3) is 3.42. The Bertz CT molecular complexity index is 664. The minimum Gasteiger partial charge on any atom is -0.497 e. The summed E-state index contributed by atoms with van der Waals surface area (Å²) in [5, 5.41) is 3.28. The number of nitrogens with zero attached hydrogens (tertiary/aromatic N) is 2. The van der Waals surface area contributed by atoms with E-state index in [1.807, 2.05) is 11.8 Å². The second-order valence-electron chi connectivity index (χ2n) is 6.53. The Balaban J connectivity index is 1.77. The van der Waals surface area contributed by atoms with E-state index in [1.54, 1.807) is 37.3 Å². The molecular weight excluding hydrogens is 322 g/mol. The summed E-state index contributed by atoms with van der Waals surface area (Å²) in [6.07, 6.45) is 0.241. The van der Waals surface area contributed by atoms with Gasteiger partial charge in [-0.05, 0) is 19.1 Å². The Morgan fingerprint density at radius 1 is 1.28 bits per heavy atom. The van der Waals surface area contributed by atoms with Gasteiger partial charge in [0.05, 0.1) is 25.8 Å². The number of carbonyl (C=O) groups excluding carboxylic acids is 2. The number of nitrogens with one attached hydrogen (secondary N) is 1. The van der Waals surface area contributed by atoms with Gasteiger partial charge in [0.2, 0.25) is 11.8 Å². The van der Waals surface area contributed by atoms with E-state index in [2.05, 4.69) is 5.32 Å². The normalized spacial score (nSPS) is 23.7. The summed E-state index contributed by atoms with van der Waals surface area (Å²) in [6.45, 7) is 4.70. The molecular formula is C18H25N3O4. The quantitative estimate of drug-likeness (QED) is 0.875. The van der Waals surface area contributed by atoms with Crippen LogP contribution < -0.4 is 19.7 Å². The molecule has 0 aromatic heterocycles. The van der Waals surface area contributed by atoms with Crippen LogP contribution in [0.2, 0.25) is 0 Å². The molecule has 2 aliphatic rings. The first-order chi connectivity index (χ1) is 12.0. The van der Waals surface area contributed by atoms with Gasteiger partial charge in [0.25, 0.3) is 0 Å². The molecule has 0 spiro atoms. The van der Waals surface area contributed by atoms with Crippen molar-refractivity contribution >= 4 is 17.5 Å². The van der Waals surface area contributed by atoms with Crippen molar-refractivity contribution < 1.29 is 19.1 Å². The predicted octanol–water partition coefficient (Wildman–Crippen LogP) is 0.877. The van der Waals surface area contributed by atoms with E-state index in [0.717, 1.165) is 13.1 Å². The Morgan fingerprint density at radius 2 is 2.08 bits per heavy atom. The largest absolute Gasteiger partial charge is 0.497 e. The second kappa shape index (κ2) is 7.31. The van der Waals surface area contributed by atoms with E-state index in [1.165, 1.54) is 0 Å². The molecule has 1 aromatic rings. The molecule has 2 heterocycles. The fourth-order valence-corrected chi connectivity index (χ4v) is 3.52. The molecule has 7 nitrogen and oxygen atoms in total. The molecule has 136 valence electrons. The highest BCUT2D eigenvalue weighted by molar-refractivity contribution is 6.01. The first kappa shape index (κ1) is 17.5. The van der Waals surface area contributed by atoms with E-state index in [-0.39, 0.29) is 30.2 Å². The van der Waals surface area contributed by atoms with Crippen molar-refractivity contribution in [3.63, 3.8) is 0 Å². The summed E-state index contributed by atoms with van der Waals surface area (Å²) in [6, 6.07) is 5.49. The maximum Gasteiger partial charge on any atom is 0.228 e. The molecule has 0 aliphatic carbocycles. The molecule has 3 rings (SSSR count). The van der Waals surface area contributed by atoms with Crippen molar-refractivity contribution in [3.8, 4) is 11.5 Å². The number of hydrogen-bond acceptors (Lipinski definition) is 5. The average Bonchev–Trinajstić information content (AvgIpc) is 3.02. The number of carbonyl (C=O) groups is 2. The molecule has 0 unspecified atom stereocenters. The summed E-state index contributed by atoms with van der Waals surface area (Å²) in [4.78, 5) is 28.9. The molecule has 1 aromatic carbocycles. The molecule has 2 aliphatic heterocycles. The number of rotatable bonds is 4. The third-order valence-corrected chi connectivity index (χ3v) is 4.94. The Labute approximate surface area is 147 Å². The lowest BCUT2D eigenvalue weighted by molar-refractivity contribution is -0.138. The molecule has 1 N–H and O–H groups in total. The van der Waals surface area contributed by atoms with Crippen LogP contribution in [0.3, 0.4) is 0 Å². The fraction of sp³-hybridized carbons (Fsp3) is 0.556. The highest BCUT2D eigenvalue weighted by atomic mass is 16.5. The van der Waals surface area contributed by atoms with E-state index in [0.29, 0.717) is 30.3 Å². The topological polar surface area (TPSA) is 71.1 Å². The van der Waals surface area contributed by atoms with Crippen LogP contribution in [0, 0.1) is 5.92 Å². The average molecular weight is 347 g/mol.